The van der Waals surface area contributed by atoms with Gasteiger partial charge in [-0.2, -0.15) is 10.4 Å². The van der Waals surface area contributed by atoms with Gasteiger partial charge < -0.3 is 10.2 Å². The van der Waals surface area contributed by atoms with Crippen LogP contribution in [0.1, 0.15) is 5.56 Å². The number of H-pyrrole nitrogens is 1. The van der Waals surface area contributed by atoms with Crippen LogP contribution >= 0.6 is 0 Å². The molecule has 0 fully saturated rings. The van der Waals surface area contributed by atoms with E-state index >= 15 is 0 Å². The van der Waals surface area contributed by atoms with Crippen LogP contribution in [-0.2, 0) is 0 Å². The van der Waals surface area contributed by atoms with Gasteiger partial charge in [0.2, 0.25) is 0 Å². The zero-order valence-electron chi connectivity index (χ0n) is 9.79. The number of anilines is 1. The predicted octanol–water partition coefficient (Wildman–Crippen LogP) is 2.19. The average Bonchev–Trinajstić information content (AvgIpc) is 3.11. The third-order valence-corrected chi connectivity index (χ3v) is 2.77. The number of nitrogens with zero attached hydrogens (tertiary/aromatic N) is 3. The van der Waals surface area contributed by atoms with Crippen LogP contribution in [0.15, 0.2) is 41.3 Å². The monoisotopic (exact) mass is 251 g/mol. The molecular weight excluding hydrogens is 242 g/mol. The molecule has 19 heavy (non-hydrogen) atoms. The van der Waals surface area contributed by atoms with Crippen LogP contribution in [0.4, 0.5) is 5.82 Å². The summed E-state index contributed by atoms with van der Waals surface area (Å²) in [5, 5.41) is 15.9. The fourth-order valence-electron chi connectivity index (χ4n) is 1.86. The summed E-state index contributed by atoms with van der Waals surface area (Å²) in [5.74, 6) is 0.186. The summed E-state index contributed by atoms with van der Waals surface area (Å²) in [6.45, 7) is 0. The summed E-state index contributed by atoms with van der Waals surface area (Å²) >= 11 is 0. The highest BCUT2D eigenvalue weighted by Gasteiger charge is 2.14. The quantitative estimate of drug-likeness (QED) is 0.726. The molecule has 92 valence electrons. The van der Waals surface area contributed by atoms with Gasteiger partial charge in [0.05, 0.1) is 23.9 Å². The molecule has 3 N–H and O–H groups in total. The van der Waals surface area contributed by atoms with E-state index in [1.165, 1.54) is 0 Å². The van der Waals surface area contributed by atoms with Gasteiger partial charge in [0.25, 0.3) is 0 Å². The summed E-state index contributed by atoms with van der Waals surface area (Å²) in [6, 6.07) is 7.41. The molecule has 0 atom stereocenters. The minimum atomic E-state index is 0.186. The first-order valence-electron chi connectivity index (χ1n) is 5.52. The molecular formula is C13H9N5O. The molecule has 0 aliphatic heterocycles. The standard InChI is InChI=1S/C13H9N5O/c14-6-10-9(8-2-4-19-7-8)5-12(17-13(10)15)11-1-3-16-18-11/h1-5,7H,(H2,15,17)(H,16,18). The van der Waals surface area contributed by atoms with Crippen molar-refractivity contribution in [2.45, 2.75) is 0 Å². The van der Waals surface area contributed by atoms with Gasteiger partial charge in [-0.3, -0.25) is 5.10 Å². The number of hydrogen-bond donors (Lipinski definition) is 2. The fourth-order valence-corrected chi connectivity index (χ4v) is 1.86. The first-order valence-corrected chi connectivity index (χ1v) is 5.52. The smallest absolute Gasteiger partial charge is 0.142 e. The van der Waals surface area contributed by atoms with E-state index in [4.69, 9.17) is 10.2 Å². The van der Waals surface area contributed by atoms with Crippen LogP contribution in [0.2, 0.25) is 0 Å². The SMILES string of the molecule is N#Cc1c(-c2ccoc2)cc(-c2ccn[nH]2)nc1N. The topological polar surface area (TPSA) is 105 Å². The Hall–Kier alpha value is -3.07. The number of nitrogen functional groups attached to an aromatic ring is 1. The zero-order chi connectivity index (χ0) is 13.2. The largest absolute Gasteiger partial charge is 0.472 e. The summed E-state index contributed by atoms with van der Waals surface area (Å²) in [7, 11) is 0. The van der Waals surface area contributed by atoms with Crippen molar-refractivity contribution in [3.63, 3.8) is 0 Å². The Labute approximate surface area is 108 Å². The third-order valence-electron chi connectivity index (χ3n) is 2.77. The molecule has 3 aromatic rings. The molecule has 0 bridgehead atoms. The van der Waals surface area contributed by atoms with Gasteiger partial charge in [-0.1, -0.05) is 0 Å². The molecule has 0 aliphatic rings. The lowest BCUT2D eigenvalue weighted by Crippen LogP contribution is -1.99. The summed E-state index contributed by atoms with van der Waals surface area (Å²) < 4.78 is 5.05. The number of nitrogens with one attached hydrogen (secondary N) is 1. The Bertz CT molecular complexity index is 738. The van der Waals surface area contributed by atoms with E-state index in [-0.39, 0.29) is 5.82 Å². The highest BCUT2D eigenvalue weighted by atomic mass is 16.3. The fraction of sp³-hybridized carbons (Fsp3) is 0. The Kier molecular flexibility index (Phi) is 2.50. The minimum absolute atomic E-state index is 0.186. The van der Waals surface area contributed by atoms with Crippen LogP contribution in [0.5, 0.6) is 0 Å². The van der Waals surface area contributed by atoms with Gasteiger partial charge in [0.15, 0.2) is 0 Å². The second kappa shape index (κ2) is 4.31. The second-order valence-corrected chi connectivity index (χ2v) is 3.91. The van der Waals surface area contributed by atoms with Crippen molar-refractivity contribution in [2.75, 3.05) is 5.73 Å². The van der Waals surface area contributed by atoms with Crippen molar-refractivity contribution < 1.29 is 4.42 Å². The molecule has 0 aliphatic carbocycles. The maximum atomic E-state index is 9.20. The molecule has 3 rings (SSSR count). The number of pyridine rings is 1. The van der Waals surface area contributed by atoms with Crippen LogP contribution in [0, 0.1) is 11.3 Å². The Morgan fingerprint density at radius 1 is 1.37 bits per heavy atom. The third kappa shape index (κ3) is 1.83. The van der Waals surface area contributed by atoms with Crippen molar-refractivity contribution in [1.82, 2.24) is 15.2 Å². The molecule has 6 heteroatoms. The van der Waals surface area contributed by atoms with Crippen molar-refractivity contribution in [2.24, 2.45) is 0 Å². The Morgan fingerprint density at radius 3 is 2.89 bits per heavy atom. The van der Waals surface area contributed by atoms with E-state index in [1.54, 1.807) is 36.9 Å². The number of furan rings is 1. The van der Waals surface area contributed by atoms with Gasteiger partial charge in [-0.05, 0) is 18.2 Å². The number of nitriles is 1. The lowest BCUT2D eigenvalue weighted by molar-refractivity contribution is 0.568. The van der Waals surface area contributed by atoms with Crippen molar-refractivity contribution >= 4 is 5.82 Å². The molecule has 0 radical (unpaired) electrons. The van der Waals surface area contributed by atoms with Gasteiger partial charge in [0.1, 0.15) is 17.5 Å². The highest BCUT2D eigenvalue weighted by molar-refractivity contribution is 5.78. The summed E-state index contributed by atoms with van der Waals surface area (Å²) in [6.07, 6.45) is 4.73. The van der Waals surface area contributed by atoms with Gasteiger partial charge >= 0.3 is 0 Å². The molecule has 3 aromatic heterocycles. The number of hydrogen-bond acceptors (Lipinski definition) is 5. The van der Waals surface area contributed by atoms with E-state index < -0.39 is 0 Å². The average molecular weight is 251 g/mol. The maximum absolute atomic E-state index is 9.20. The maximum Gasteiger partial charge on any atom is 0.142 e. The van der Waals surface area contributed by atoms with E-state index in [0.717, 1.165) is 11.3 Å². The van der Waals surface area contributed by atoms with Gasteiger partial charge in [-0.25, -0.2) is 4.98 Å². The molecule has 0 spiro atoms. The number of rotatable bonds is 2. The molecule has 0 saturated carbocycles. The van der Waals surface area contributed by atoms with Gasteiger partial charge in [-0.15, -0.1) is 0 Å². The van der Waals surface area contributed by atoms with E-state index in [1.807, 2.05) is 0 Å². The van der Waals surface area contributed by atoms with Crippen molar-refractivity contribution in [1.29, 1.82) is 5.26 Å². The molecule has 0 aromatic carbocycles. The lowest BCUT2D eigenvalue weighted by Gasteiger charge is -2.07. The van der Waals surface area contributed by atoms with E-state index in [0.29, 0.717) is 16.8 Å². The normalized spacial score (nSPS) is 10.3. The van der Waals surface area contributed by atoms with Crippen LogP contribution < -0.4 is 5.73 Å². The first kappa shape index (κ1) is 11.0. The van der Waals surface area contributed by atoms with Crippen molar-refractivity contribution in [3.05, 3.63) is 42.5 Å². The second-order valence-electron chi connectivity index (χ2n) is 3.91. The Morgan fingerprint density at radius 2 is 2.26 bits per heavy atom. The first-order chi connectivity index (χ1) is 9.29. The minimum Gasteiger partial charge on any atom is -0.472 e. The predicted molar refractivity (Wildman–Crippen MR) is 68.6 cm³/mol. The molecule has 0 saturated heterocycles. The molecule has 0 amide bonds. The molecule has 0 unspecified atom stereocenters. The van der Waals surface area contributed by atoms with Crippen LogP contribution in [0.3, 0.4) is 0 Å². The molecule has 6 nitrogen and oxygen atoms in total. The zero-order valence-corrected chi connectivity index (χ0v) is 9.79. The summed E-state index contributed by atoms with van der Waals surface area (Å²) in [5.41, 5.74) is 9.02. The number of nitrogens with two attached hydrogens (primary N) is 1. The van der Waals surface area contributed by atoms with E-state index in [2.05, 4.69) is 21.3 Å². The van der Waals surface area contributed by atoms with E-state index in [9.17, 15) is 5.26 Å². The molecule has 3 heterocycles. The number of aromatic amines is 1. The number of aromatic nitrogens is 3. The Balaban J connectivity index is 2.25. The van der Waals surface area contributed by atoms with Crippen molar-refractivity contribution in [3.8, 4) is 28.6 Å². The summed E-state index contributed by atoms with van der Waals surface area (Å²) in [4.78, 5) is 4.21. The van der Waals surface area contributed by atoms with Gasteiger partial charge in [0, 0.05) is 17.3 Å². The lowest BCUT2D eigenvalue weighted by atomic mass is 10.0. The van der Waals surface area contributed by atoms with Crippen LogP contribution in [0.25, 0.3) is 22.5 Å². The van der Waals surface area contributed by atoms with Crippen LogP contribution in [-0.4, -0.2) is 15.2 Å². The highest BCUT2D eigenvalue weighted by Crippen LogP contribution is 2.30.